The van der Waals surface area contributed by atoms with E-state index in [1.807, 2.05) is 6.07 Å². The number of benzene rings is 3. The SMILES string of the molecule is O=C(OCc1ccc(OP(=O)(OCCOCCN2C(=O)C=CC2=O)OCCOc2ccccc2)cc1)Oc1ccc([N+](=O)[O-])cc1. The Hall–Kier alpha value is -5.08. The van der Waals surface area contributed by atoms with Gasteiger partial charge in [-0.3, -0.25) is 33.7 Å². The van der Waals surface area contributed by atoms with Crippen LogP contribution in [0.3, 0.4) is 0 Å². The summed E-state index contributed by atoms with van der Waals surface area (Å²) in [5.74, 6) is -0.0502. The molecule has 1 heterocycles. The van der Waals surface area contributed by atoms with Gasteiger partial charge >= 0.3 is 14.0 Å². The van der Waals surface area contributed by atoms with Crippen molar-refractivity contribution in [2.45, 2.75) is 6.61 Å². The van der Waals surface area contributed by atoms with E-state index in [4.69, 9.17) is 32.5 Å². The molecule has 0 bridgehead atoms. The molecule has 1 unspecified atom stereocenters. The van der Waals surface area contributed by atoms with Crippen molar-refractivity contribution in [3.05, 3.63) is 107 Å². The van der Waals surface area contributed by atoms with Crippen molar-refractivity contribution in [3.8, 4) is 17.2 Å². The predicted molar refractivity (Wildman–Crippen MR) is 159 cm³/mol. The van der Waals surface area contributed by atoms with Crippen molar-refractivity contribution in [1.82, 2.24) is 4.90 Å². The quantitative estimate of drug-likeness (QED) is 0.0345. The molecule has 15 nitrogen and oxygen atoms in total. The number of hydrogen-bond donors (Lipinski definition) is 0. The number of nitro benzene ring substituents is 1. The van der Waals surface area contributed by atoms with Crippen LogP contribution in [0.4, 0.5) is 10.5 Å². The maximum atomic E-state index is 13.4. The van der Waals surface area contributed by atoms with Gasteiger partial charge in [-0.25, -0.2) is 9.36 Å². The lowest BCUT2D eigenvalue weighted by atomic mass is 10.2. The van der Waals surface area contributed by atoms with Crippen LogP contribution >= 0.6 is 7.82 Å². The zero-order chi connectivity index (χ0) is 32.8. The maximum Gasteiger partial charge on any atom is 0.530 e. The van der Waals surface area contributed by atoms with Gasteiger partial charge in [-0.1, -0.05) is 30.3 Å². The van der Waals surface area contributed by atoms with Crippen LogP contribution in [0, 0.1) is 10.1 Å². The lowest BCUT2D eigenvalue weighted by molar-refractivity contribution is -0.384. The Bertz CT molecular complexity index is 1550. The monoisotopic (exact) mass is 656 g/mol. The number of nitro groups is 1. The Morgan fingerprint density at radius 2 is 1.39 bits per heavy atom. The summed E-state index contributed by atoms with van der Waals surface area (Å²) in [6.45, 7) is -0.388. The Balaban J connectivity index is 1.25. The number of carbonyl (C=O) groups is 3. The number of phosphoric ester groups is 1. The molecule has 0 fully saturated rings. The number of ether oxygens (including phenoxy) is 4. The standard InChI is InChI=1S/C30H29N2O13P/c33-28-14-15-29(34)31(28)16-17-39-18-20-42-46(38,43-21-19-40-25-4-2-1-3-5-25)45-27-10-6-23(7-11-27)22-41-30(35)44-26-12-8-24(9-13-26)32(36)37/h1-15H,16-22H2. The second-order valence-electron chi connectivity index (χ2n) is 9.18. The largest absolute Gasteiger partial charge is 0.530 e. The fourth-order valence-corrected chi connectivity index (χ4v) is 4.87. The average Bonchev–Trinajstić information content (AvgIpc) is 3.37. The van der Waals surface area contributed by atoms with Crippen LogP contribution in [0.5, 0.6) is 17.2 Å². The Morgan fingerprint density at radius 3 is 2.04 bits per heavy atom. The van der Waals surface area contributed by atoms with Crippen molar-refractivity contribution >= 4 is 31.5 Å². The Labute approximate surface area is 262 Å². The number of imide groups is 1. The number of carbonyl (C=O) groups excluding carboxylic acids is 3. The van der Waals surface area contributed by atoms with Gasteiger partial charge in [-0.05, 0) is 42.0 Å². The summed E-state index contributed by atoms with van der Waals surface area (Å²) in [6, 6.07) is 19.9. The molecule has 0 radical (unpaired) electrons. The van der Waals surface area contributed by atoms with E-state index in [0.717, 1.165) is 4.90 Å². The zero-order valence-electron chi connectivity index (χ0n) is 24.3. The molecule has 0 aliphatic carbocycles. The van der Waals surface area contributed by atoms with Crippen molar-refractivity contribution in [3.63, 3.8) is 0 Å². The minimum absolute atomic E-state index is 0.0346. The van der Waals surface area contributed by atoms with Crippen LogP contribution in [0.1, 0.15) is 5.56 Å². The van der Waals surface area contributed by atoms with E-state index in [9.17, 15) is 29.1 Å². The smallest absolute Gasteiger partial charge is 0.491 e. The number of hydrogen-bond acceptors (Lipinski definition) is 13. The molecular weight excluding hydrogens is 627 g/mol. The normalized spacial score (nSPS) is 13.7. The van der Waals surface area contributed by atoms with E-state index < -0.39 is 30.7 Å². The van der Waals surface area contributed by atoms with E-state index >= 15 is 0 Å². The van der Waals surface area contributed by atoms with Crippen molar-refractivity contribution in [1.29, 1.82) is 0 Å². The lowest BCUT2D eigenvalue weighted by Gasteiger charge is -2.19. The first-order valence-electron chi connectivity index (χ1n) is 13.8. The third kappa shape index (κ3) is 10.8. The fraction of sp³-hybridized carbons (Fsp3) is 0.233. The summed E-state index contributed by atoms with van der Waals surface area (Å²) in [7, 11) is -4.18. The Kier molecular flexibility index (Phi) is 12.4. The fourth-order valence-electron chi connectivity index (χ4n) is 3.71. The zero-order valence-corrected chi connectivity index (χ0v) is 25.2. The topological polar surface area (TPSA) is 179 Å². The van der Waals surface area contributed by atoms with Gasteiger partial charge in [0.15, 0.2) is 0 Å². The molecule has 0 spiro atoms. The van der Waals surface area contributed by atoms with Crippen molar-refractivity contribution < 1.29 is 56.4 Å². The van der Waals surface area contributed by atoms with Gasteiger partial charge in [0.25, 0.3) is 17.5 Å². The summed E-state index contributed by atoms with van der Waals surface area (Å²) in [6.07, 6.45) is 1.34. The number of rotatable bonds is 18. The van der Waals surface area contributed by atoms with Crippen LogP contribution in [0.15, 0.2) is 91.0 Å². The van der Waals surface area contributed by atoms with Crippen LogP contribution in [-0.4, -0.2) is 67.4 Å². The number of amides is 2. The molecule has 1 aliphatic heterocycles. The highest BCUT2D eigenvalue weighted by Gasteiger charge is 2.29. The number of nitrogens with zero attached hydrogens (tertiary/aromatic N) is 2. The first-order chi connectivity index (χ1) is 22.2. The van der Waals surface area contributed by atoms with Crippen molar-refractivity contribution in [2.75, 3.05) is 39.6 Å². The van der Waals surface area contributed by atoms with Gasteiger partial charge in [-0.2, -0.15) is 0 Å². The highest BCUT2D eigenvalue weighted by Crippen LogP contribution is 2.49. The number of phosphoric acid groups is 1. The highest BCUT2D eigenvalue weighted by molar-refractivity contribution is 7.48. The minimum atomic E-state index is -4.18. The van der Waals surface area contributed by atoms with Crippen LogP contribution < -0.4 is 14.0 Å². The summed E-state index contributed by atoms with van der Waals surface area (Å²) < 4.78 is 50.9. The second-order valence-corrected chi connectivity index (χ2v) is 10.8. The highest BCUT2D eigenvalue weighted by atomic mass is 31.2. The summed E-state index contributed by atoms with van der Waals surface area (Å²) in [5, 5.41) is 10.7. The molecule has 242 valence electrons. The molecule has 16 heteroatoms. The summed E-state index contributed by atoms with van der Waals surface area (Å²) in [5.41, 5.74) is 0.389. The molecule has 4 rings (SSSR count). The molecular formula is C30H29N2O13P. The van der Waals surface area contributed by atoms with Gasteiger partial charge < -0.3 is 23.5 Å². The van der Waals surface area contributed by atoms with E-state index in [1.54, 1.807) is 36.4 Å². The molecule has 2 amide bonds. The van der Waals surface area contributed by atoms with Gasteiger partial charge in [-0.15, -0.1) is 0 Å². The number of non-ortho nitro benzene ring substituents is 1. The molecule has 0 aromatic heterocycles. The van der Waals surface area contributed by atoms with Gasteiger partial charge in [0.1, 0.15) is 30.5 Å². The van der Waals surface area contributed by atoms with E-state index in [1.165, 1.54) is 48.6 Å². The third-order valence-electron chi connectivity index (χ3n) is 5.93. The van der Waals surface area contributed by atoms with Gasteiger partial charge in [0, 0.05) is 24.3 Å². The molecule has 1 atom stereocenters. The van der Waals surface area contributed by atoms with Crippen molar-refractivity contribution in [2.24, 2.45) is 0 Å². The molecule has 0 saturated carbocycles. The lowest BCUT2D eigenvalue weighted by Crippen LogP contribution is -2.33. The predicted octanol–water partition coefficient (Wildman–Crippen LogP) is 4.85. The maximum absolute atomic E-state index is 13.4. The average molecular weight is 657 g/mol. The van der Waals surface area contributed by atoms with E-state index in [2.05, 4.69) is 0 Å². The van der Waals surface area contributed by atoms with Crippen LogP contribution in [0.2, 0.25) is 0 Å². The summed E-state index contributed by atoms with van der Waals surface area (Å²) in [4.78, 5) is 46.4. The third-order valence-corrected chi connectivity index (χ3v) is 7.36. The number of para-hydroxylation sites is 1. The van der Waals surface area contributed by atoms with Gasteiger partial charge in [0.05, 0.1) is 37.9 Å². The molecule has 0 saturated heterocycles. The molecule has 0 N–H and O–H groups in total. The van der Waals surface area contributed by atoms with E-state index in [0.29, 0.717) is 11.3 Å². The van der Waals surface area contributed by atoms with Crippen LogP contribution in [-0.2, 0) is 39.3 Å². The molecule has 46 heavy (non-hydrogen) atoms. The van der Waals surface area contributed by atoms with E-state index in [-0.39, 0.29) is 63.4 Å². The molecule has 1 aliphatic rings. The molecule has 3 aromatic rings. The Morgan fingerprint density at radius 1 is 0.761 bits per heavy atom. The van der Waals surface area contributed by atoms with Gasteiger partial charge in [0.2, 0.25) is 0 Å². The minimum Gasteiger partial charge on any atom is -0.491 e. The second kappa shape index (κ2) is 16.8. The van der Waals surface area contributed by atoms with Crippen LogP contribution in [0.25, 0.3) is 0 Å². The molecule has 3 aromatic carbocycles. The first kappa shape index (κ1) is 33.8. The summed E-state index contributed by atoms with van der Waals surface area (Å²) >= 11 is 0. The first-order valence-corrected chi connectivity index (χ1v) is 15.2.